The van der Waals surface area contributed by atoms with Crippen LogP contribution in [0.3, 0.4) is 0 Å². The largest absolute Gasteiger partial charge is 0.501 e. The van der Waals surface area contributed by atoms with Crippen molar-refractivity contribution >= 4 is 38.3 Å². The van der Waals surface area contributed by atoms with Crippen LogP contribution in [0.4, 0.5) is 20.2 Å². The molecule has 1 atom stereocenters. The number of ether oxygens (including phenoxy) is 1. The summed E-state index contributed by atoms with van der Waals surface area (Å²) >= 11 is 0. The lowest BCUT2D eigenvalue weighted by atomic mass is 10.0. The molecule has 3 aromatic rings. The van der Waals surface area contributed by atoms with Crippen molar-refractivity contribution in [3.05, 3.63) is 60.6 Å². The van der Waals surface area contributed by atoms with Crippen molar-refractivity contribution in [2.75, 3.05) is 23.3 Å². The van der Waals surface area contributed by atoms with E-state index < -0.39 is 15.9 Å². The molecule has 0 fully saturated rings. The van der Waals surface area contributed by atoms with E-state index in [1.165, 1.54) is 41.9 Å². The molecule has 0 saturated heterocycles. The Hall–Kier alpha value is -3.47. The van der Waals surface area contributed by atoms with E-state index in [1.807, 2.05) is 19.9 Å². The first-order chi connectivity index (χ1) is 17.9. The standard InChI is InChI=1S/C27H32F2N4O4S/c1-18(2)15-25(34)30-20-5-8-22(9-6-20)38(35,36)32(4)21-7-10-24-23(16-21)31-26(27(3,28)29)33(24)17-19-11-13-37-14-12-19/h5-11,13,16,18-19H,12,14-15,17H2,1-4H3,(H,30,34). The number of hydrogen-bond donors (Lipinski definition) is 1. The van der Waals surface area contributed by atoms with Crippen LogP contribution in [0.1, 0.15) is 39.4 Å². The number of sulfonamides is 1. The van der Waals surface area contributed by atoms with E-state index in [9.17, 15) is 22.0 Å². The van der Waals surface area contributed by atoms with Crippen LogP contribution in [-0.2, 0) is 32.0 Å². The van der Waals surface area contributed by atoms with E-state index >= 15 is 0 Å². The van der Waals surface area contributed by atoms with E-state index in [1.54, 1.807) is 18.4 Å². The number of fused-ring (bicyclic) bond motifs is 1. The lowest BCUT2D eigenvalue weighted by molar-refractivity contribution is -0.116. The number of anilines is 2. The maximum absolute atomic E-state index is 14.5. The number of imidazole rings is 1. The van der Waals surface area contributed by atoms with E-state index in [-0.39, 0.29) is 39.7 Å². The maximum atomic E-state index is 14.5. The van der Waals surface area contributed by atoms with Crippen molar-refractivity contribution in [2.24, 2.45) is 11.8 Å². The highest BCUT2D eigenvalue weighted by Gasteiger charge is 2.33. The third-order valence-corrected chi connectivity index (χ3v) is 8.15. The van der Waals surface area contributed by atoms with Crippen molar-refractivity contribution in [1.82, 2.24) is 9.55 Å². The van der Waals surface area contributed by atoms with E-state index in [0.29, 0.717) is 37.2 Å². The molecule has 0 spiro atoms. The topological polar surface area (TPSA) is 93.5 Å². The van der Waals surface area contributed by atoms with Gasteiger partial charge >= 0.3 is 5.92 Å². The van der Waals surface area contributed by atoms with Crippen molar-refractivity contribution in [1.29, 1.82) is 0 Å². The fourth-order valence-electron chi connectivity index (χ4n) is 4.36. The summed E-state index contributed by atoms with van der Waals surface area (Å²) in [5.74, 6) is -3.48. The van der Waals surface area contributed by atoms with Gasteiger partial charge in [0.05, 0.1) is 34.5 Å². The molecule has 1 aliphatic rings. The van der Waals surface area contributed by atoms with Gasteiger partial charge in [-0.25, -0.2) is 13.4 Å². The first kappa shape index (κ1) is 27.6. The molecule has 0 bridgehead atoms. The first-order valence-corrected chi connectivity index (χ1v) is 13.9. The van der Waals surface area contributed by atoms with Gasteiger partial charge in [0.25, 0.3) is 10.0 Å². The smallest absolute Gasteiger partial charge is 0.302 e. The quantitative estimate of drug-likeness (QED) is 0.382. The average molecular weight is 547 g/mol. The van der Waals surface area contributed by atoms with Crippen molar-refractivity contribution in [2.45, 2.75) is 51.0 Å². The van der Waals surface area contributed by atoms with Crippen molar-refractivity contribution in [3.63, 3.8) is 0 Å². The Morgan fingerprint density at radius 3 is 2.55 bits per heavy atom. The van der Waals surface area contributed by atoms with Crippen LogP contribution in [0.25, 0.3) is 11.0 Å². The van der Waals surface area contributed by atoms with E-state index in [4.69, 9.17) is 4.74 Å². The Kier molecular flexibility index (Phi) is 7.78. The highest BCUT2D eigenvalue weighted by atomic mass is 32.2. The molecule has 0 aliphatic carbocycles. The van der Waals surface area contributed by atoms with Crippen LogP contribution >= 0.6 is 0 Å². The minimum absolute atomic E-state index is 0.0168. The number of halogens is 2. The monoisotopic (exact) mass is 546 g/mol. The molecular formula is C27H32F2N4O4S. The predicted molar refractivity (Wildman–Crippen MR) is 143 cm³/mol. The Morgan fingerprint density at radius 2 is 1.95 bits per heavy atom. The molecule has 4 rings (SSSR count). The number of carbonyl (C=O) groups excluding carboxylic acids is 1. The molecule has 1 N–H and O–H groups in total. The molecule has 8 nitrogen and oxygen atoms in total. The Morgan fingerprint density at radius 1 is 1.24 bits per heavy atom. The van der Waals surface area contributed by atoms with Gasteiger partial charge in [-0.1, -0.05) is 13.8 Å². The number of hydrogen-bond acceptors (Lipinski definition) is 5. The van der Waals surface area contributed by atoms with Crippen LogP contribution in [0.5, 0.6) is 0 Å². The first-order valence-electron chi connectivity index (χ1n) is 12.4. The zero-order chi connectivity index (χ0) is 27.7. The molecule has 1 amide bonds. The summed E-state index contributed by atoms with van der Waals surface area (Å²) in [6, 6.07) is 10.6. The molecule has 2 aromatic carbocycles. The summed E-state index contributed by atoms with van der Waals surface area (Å²) in [7, 11) is -2.57. The Labute approximate surface area is 221 Å². The van der Waals surface area contributed by atoms with Crippen LogP contribution in [0, 0.1) is 11.8 Å². The van der Waals surface area contributed by atoms with Gasteiger partial charge in [-0.15, -0.1) is 0 Å². The number of aromatic nitrogens is 2. The van der Waals surface area contributed by atoms with Crippen LogP contribution in [0.15, 0.2) is 59.7 Å². The summed E-state index contributed by atoms with van der Waals surface area (Å²) in [5.41, 5.74) is 1.56. The number of benzene rings is 2. The molecule has 2 heterocycles. The lowest BCUT2D eigenvalue weighted by Gasteiger charge is -2.21. The number of allylic oxidation sites excluding steroid dienone is 1. The second-order valence-electron chi connectivity index (χ2n) is 10.00. The van der Waals surface area contributed by atoms with Crippen molar-refractivity contribution in [3.8, 4) is 0 Å². The number of nitrogens with one attached hydrogen (secondary N) is 1. The number of alkyl halides is 2. The summed E-state index contributed by atoms with van der Waals surface area (Å²) in [4.78, 5) is 16.2. The minimum atomic E-state index is -3.96. The molecule has 38 heavy (non-hydrogen) atoms. The second kappa shape index (κ2) is 10.7. The third kappa shape index (κ3) is 5.98. The van der Waals surface area contributed by atoms with E-state index in [2.05, 4.69) is 10.3 Å². The van der Waals surface area contributed by atoms with E-state index in [0.717, 1.165) is 11.2 Å². The fraction of sp³-hybridized carbons (Fsp3) is 0.407. The third-order valence-electron chi connectivity index (χ3n) is 6.35. The highest BCUT2D eigenvalue weighted by molar-refractivity contribution is 7.92. The lowest BCUT2D eigenvalue weighted by Crippen LogP contribution is -2.26. The van der Waals surface area contributed by atoms with Gasteiger partial charge in [0.1, 0.15) is 0 Å². The molecule has 1 aromatic heterocycles. The summed E-state index contributed by atoms with van der Waals surface area (Å²) in [6.07, 6.45) is 4.49. The van der Waals surface area contributed by atoms with Gasteiger partial charge in [-0.2, -0.15) is 8.78 Å². The van der Waals surface area contributed by atoms with Gasteiger partial charge in [0.2, 0.25) is 5.91 Å². The van der Waals surface area contributed by atoms with Gasteiger partial charge in [0, 0.05) is 38.5 Å². The van der Waals surface area contributed by atoms with Gasteiger partial charge in [0.15, 0.2) is 5.82 Å². The molecule has 0 radical (unpaired) electrons. The normalized spacial score (nSPS) is 16.0. The van der Waals surface area contributed by atoms with Gasteiger partial charge < -0.3 is 14.6 Å². The Bertz CT molecular complexity index is 1440. The zero-order valence-electron chi connectivity index (χ0n) is 21.8. The summed E-state index contributed by atoms with van der Waals surface area (Å²) < 4.78 is 63.4. The number of carbonyl (C=O) groups is 1. The SMILES string of the molecule is CC(C)CC(=O)Nc1ccc(S(=O)(=O)N(C)c2ccc3c(c2)nc(C(C)(F)F)n3CC2C=COCC2)cc1. The van der Waals surface area contributed by atoms with Gasteiger partial charge in [-0.3, -0.25) is 9.10 Å². The minimum Gasteiger partial charge on any atom is -0.501 e. The zero-order valence-corrected chi connectivity index (χ0v) is 22.6. The molecule has 204 valence electrons. The maximum Gasteiger partial charge on any atom is 0.302 e. The molecule has 11 heteroatoms. The number of rotatable bonds is 9. The summed E-state index contributed by atoms with van der Waals surface area (Å²) in [5, 5.41) is 2.75. The fourth-order valence-corrected chi connectivity index (χ4v) is 5.55. The predicted octanol–water partition coefficient (Wildman–Crippen LogP) is 5.51. The van der Waals surface area contributed by atoms with Gasteiger partial charge in [-0.05, 0) is 60.9 Å². The van der Waals surface area contributed by atoms with Crippen LogP contribution < -0.4 is 9.62 Å². The number of amides is 1. The molecule has 0 saturated carbocycles. The second-order valence-corrected chi connectivity index (χ2v) is 12.0. The molecule has 1 unspecified atom stereocenters. The number of nitrogens with zero attached hydrogens (tertiary/aromatic N) is 3. The average Bonchev–Trinajstić information content (AvgIpc) is 3.22. The summed E-state index contributed by atoms with van der Waals surface area (Å²) in [6.45, 7) is 5.50. The van der Waals surface area contributed by atoms with Crippen LogP contribution in [0.2, 0.25) is 0 Å². The molecular weight excluding hydrogens is 514 g/mol. The highest BCUT2D eigenvalue weighted by Crippen LogP contribution is 2.33. The molecule has 1 aliphatic heterocycles. The Balaban J connectivity index is 1.61. The van der Waals surface area contributed by atoms with Crippen molar-refractivity contribution < 1.29 is 26.7 Å². The van der Waals surface area contributed by atoms with Crippen LogP contribution in [-0.4, -0.2) is 37.5 Å².